The molecule has 0 aromatic heterocycles. The zero-order valence-corrected chi connectivity index (χ0v) is 12.0. The Morgan fingerprint density at radius 3 is 2.05 bits per heavy atom. The monoisotopic (exact) mass is 262 g/mol. The van der Waals surface area contributed by atoms with Crippen molar-refractivity contribution in [1.29, 1.82) is 0 Å². The summed E-state index contributed by atoms with van der Waals surface area (Å²) in [5, 5.41) is 5.16. The summed E-state index contributed by atoms with van der Waals surface area (Å²) >= 11 is 0. The number of hydrogen-bond donors (Lipinski definition) is 2. The Balaban J connectivity index is 2.54. The van der Waals surface area contributed by atoms with Crippen LogP contribution in [0.1, 0.15) is 39.2 Å². The zero-order valence-electron chi connectivity index (χ0n) is 12.0. The van der Waals surface area contributed by atoms with Gasteiger partial charge in [0.05, 0.1) is 0 Å². The lowest BCUT2D eigenvalue weighted by Gasteiger charge is -2.09. The van der Waals surface area contributed by atoms with Crippen molar-refractivity contribution in [3.63, 3.8) is 0 Å². The number of carbonyl (C=O) groups is 2. The Hall–Kier alpha value is -1.84. The van der Waals surface area contributed by atoms with Crippen LogP contribution in [0.5, 0.6) is 0 Å². The maximum Gasteiger partial charge on any atom is 0.313 e. The van der Waals surface area contributed by atoms with Crippen LogP contribution in [0.4, 0.5) is 5.69 Å². The van der Waals surface area contributed by atoms with Gasteiger partial charge in [-0.15, -0.1) is 0 Å². The standard InChI is InChI=1S/C15H22N2O2/c1-10(2)9-16-14(18)15(19)17-13-7-5-12(6-8-13)11(3)4/h5-8,10-11H,9H2,1-4H3,(H,16,18)(H,17,19). The Kier molecular flexibility index (Phi) is 5.55. The summed E-state index contributed by atoms with van der Waals surface area (Å²) in [6.07, 6.45) is 0. The average molecular weight is 262 g/mol. The highest BCUT2D eigenvalue weighted by Crippen LogP contribution is 2.16. The number of carbonyl (C=O) groups excluding carboxylic acids is 2. The van der Waals surface area contributed by atoms with Crippen LogP contribution < -0.4 is 10.6 Å². The Bertz CT molecular complexity index is 436. The van der Waals surface area contributed by atoms with E-state index in [1.807, 2.05) is 38.1 Å². The topological polar surface area (TPSA) is 58.2 Å². The largest absolute Gasteiger partial charge is 0.348 e. The van der Waals surface area contributed by atoms with Crippen molar-refractivity contribution in [2.45, 2.75) is 33.6 Å². The van der Waals surface area contributed by atoms with E-state index in [-0.39, 0.29) is 0 Å². The van der Waals surface area contributed by atoms with Gasteiger partial charge in [-0.05, 0) is 29.5 Å². The molecule has 1 rings (SSSR count). The van der Waals surface area contributed by atoms with Crippen molar-refractivity contribution >= 4 is 17.5 Å². The quantitative estimate of drug-likeness (QED) is 0.819. The minimum absolute atomic E-state index is 0.321. The van der Waals surface area contributed by atoms with Crippen LogP contribution in [0.3, 0.4) is 0 Å². The fraction of sp³-hybridized carbons (Fsp3) is 0.467. The Morgan fingerprint density at radius 2 is 1.58 bits per heavy atom. The van der Waals surface area contributed by atoms with Crippen LogP contribution >= 0.6 is 0 Å². The van der Waals surface area contributed by atoms with Crippen LogP contribution in [-0.2, 0) is 9.59 Å². The average Bonchev–Trinajstić information content (AvgIpc) is 2.36. The lowest BCUT2D eigenvalue weighted by Crippen LogP contribution is -2.37. The second-order valence-electron chi connectivity index (χ2n) is 5.33. The van der Waals surface area contributed by atoms with Gasteiger partial charge in [-0.2, -0.15) is 0 Å². The minimum atomic E-state index is -0.627. The van der Waals surface area contributed by atoms with Gasteiger partial charge in [-0.3, -0.25) is 9.59 Å². The van der Waals surface area contributed by atoms with Crippen molar-refractivity contribution in [3.05, 3.63) is 29.8 Å². The van der Waals surface area contributed by atoms with Crippen molar-refractivity contribution in [3.8, 4) is 0 Å². The third-order valence-electron chi connectivity index (χ3n) is 2.71. The van der Waals surface area contributed by atoms with Gasteiger partial charge in [0, 0.05) is 12.2 Å². The van der Waals surface area contributed by atoms with Crippen LogP contribution in [-0.4, -0.2) is 18.4 Å². The molecule has 0 bridgehead atoms. The van der Waals surface area contributed by atoms with Crippen LogP contribution in [0.25, 0.3) is 0 Å². The van der Waals surface area contributed by atoms with Crippen molar-refractivity contribution in [2.24, 2.45) is 5.92 Å². The molecule has 2 amide bonds. The molecule has 0 saturated carbocycles. The Morgan fingerprint density at radius 1 is 1.00 bits per heavy atom. The maximum absolute atomic E-state index is 11.6. The molecule has 1 aromatic carbocycles. The SMILES string of the molecule is CC(C)CNC(=O)C(=O)Nc1ccc(C(C)C)cc1. The second-order valence-corrected chi connectivity index (χ2v) is 5.33. The molecule has 2 N–H and O–H groups in total. The normalized spacial score (nSPS) is 10.6. The predicted molar refractivity (Wildman–Crippen MR) is 77.0 cm³/mol. The molecule has 0 heterocycles. The molecule has 0 radical (unpaired) electrons. The number of hydrogen-bond acceptors (Lipinski definition) is 2. The number of anilines is 1. The number of nitrogens with one attached hydrogen (secondary N) is 2. The van der Waals surface area contributed by atoms with E-state index in [0.29, 0.717) is 24.1 Å². The van der Waals surface area contributed by atoms with Gasteiger partial charge >= 0.3 is 11.8 Å². The van der Waals surface area contributed by atoms with Gasteiger partial charge in [0.2, 0.25) is 0 Å². The highest BCUT2D eigenvalue weighted by Gasteiger charge is 2.13. The zero-order chi connectivity index (χ0) is 14.4. The highest BCUT2D eigenvalue weighted by atomic mass is 16.2. The van der Waals surface area contributed by atoms with E-state index in [9.17, 15) is 9.59 Å². The first kappa shape index (κ1) is 15.2. The summed E-state index contributed by atoms with van der Waals surface area (Å²) in [6, 6.07) is 7.52. The fourth-order valence-corrected chi connectivity index (χ4v) is 1.52. The summed E-state index contributed by atoms with van der Waals surface area (Å²) in [4.78, 5) is 23.1. The molecular formula is C15H22N2O2. The summed E-state index contributed by atoms with van der Waals surface area (Å²) in [5.74, 6) is -0.458. The van der Waals surface area contributed by atoms with E-state index in [4.69, 9.17) is 0 Å². The summed E-state index contributed by atoms with van der Waals surface area (Å²) < 4.78 is 0. The molecular weight excluding hydrogens is 240 g/mol. The first-order valence-electron chi connectivity index (χ1n) is 6.59. The molecule has 0 unspecified atom stereocenters. The van der Waals surface area contributed by atoms with E-state index in [2.05, 4.69) is 24.5 Å². The molecule has 1 aromatic rings. The lowest BCUT2D eigenvalue weighted by molar-refractivity contribution is -0.136. The maximum atomic E-state index is 11.6. The lowest BCUT2D eigenvalue weighted by atomic mass is 10.0. The summed E-state index contributed by atoms with van der Waals surface area (Å²) in [6.45, 7) is 8.66. The van der Waals surface area contributed by atoms with E-state index in [1.165, 1.54) is 5.56 Å². The molecule has 0 atom stereocenters. The Labute approximate surface area is 114 Å². The van der Waals surface area contributed by atoms with E-state index >= 15 is 0 Å². The predicted octanol–water partition coefficient (Wildman–Crippen LogP) is 2.52. The number of benzene rings is 1. The molecule has 0 spiro atoms. The van der Waals surface area contributed by atoms with Crippen molar-refractivity contribution in [1.82, 2.24) is 5.32 Å². The first-order chi connectivity index (χ1) is 8.90. The summed E-state index contributed by atoms with van der Waals surface area (Å²) in [7, 11) is 0. The molecule has 19 heavy (non-hydrogen) atoms. The van der Waals surface area contributed by atoms with Gasteiger partial charge in [-0.1, -0.05) is 39.8 Å². The molecule has 0 aliphatic rings. The van der Waals surface area contributed by atoms with Crippen LogP contribution in [0.15, 0.2) is 24.3 Å². The van der Waals surface area contributed by atoms with E-state index in [0.717, 1.165) is 0 Å². The molecule has 0 fully saturated rings. The number of amides is 2. The third kappa shape index (κ3) is 5.12. The second kappa shape index (κ2) is 6.92. The molecule has 0 saturated heterocycles. The van der Waals surface area contributed by atoms with Gasteiger partial charge in [0.15, 0.2) is 0 Å². The number of rotatable bonds is 4. The molecule has 4 heteroatoms. The van der Waals surface area contributed by atoms with Gasteiger partial charge < -0.3 is 10.6 Å². The van der Waals surface area contributed by atoms with Crippen molar-refractivity contribution < 1.29 is 9.59 Å². The first-order valence-corrected chi connectivity index (χ1v) is 6.59. The van der Waals surface area contributed by atoms with Crippen LogP contribution in [0.2, 0.25) is 0 Å². The molecule has 0 aliphatic heterocycles. The third-order valence-corrected chi connectivity index (χ3v) is 2.71. The summed E-state index contributed by atoms with van der Waals surface area (Å²) in [5.41, 5.74) is 1.83. The van der Waals surface area contributed by atoms with Crippen molar-refractivity contribution in [2.75, 3.05) is 11.9 Å². The van der Waals surface area contributed by atoms with Gasteiger partial charge in [-0.25, -0.2) is 0 Å². The van der Waals surface area contributed by atoms with Gasteiger partial charge in [0.25, 0.3) is 0 Å². The molecule has 0 aliphatic carbocycles. The van der Waals surface area contributed by atoms with Gasteiger partial charge in [0.1, 0.15) is 0 Å². The minimum Gasteiger partial charge on any atom is -0.348 e. The molecule has 4 nitrogen and oxygen atoms in total. The van der Waals surface area contributed by atoms with E-state index in [1.54, 1.807) is 0 Å². The van der Waals surface area contributed by atoms with E-state index < -0.39 is 11.8 Å². The fourth-order valence-electron chi connectivity index (χ4n) is 1.52. The highest BCUT2D eigenvalue weighted by molar-refractivity contribution is 6.39. The smallest absolute Gasteiger partial charge is 0.313 e. The molecule has 104 valence electrons. The van der Waals surface area contributed by atoms with Crippen LogP contribution in [0, 0.1) is 5.92 Å².